The van der Waals surface area contributed by atoms with Crippen LogP contribution in [0.2, 0.25) is 0 Å². The minimum atomic E-state index is -0.373. The Bertz CT molecular complexity index is 1150. The molecule has 29 heavy (non-hydrogen) atoms. The lowest BCUT2D eigenvalue weighted by atomic mass is 9.86. The average molecular weight is 444 g/mol. The third kappa shape index (κ3) is 3.17. The third-order valence-corrected chi connectivity index (χ3v) is 8.40. The van der Waals surface area contributed by atoms with Gasteiger partial charge in [-0.2, -0.15) is 0 Å². The van der Waals surface area contributed by atoms with E-state index in [2.05, 4.69) is 24.8 Å². The van der Waals surface area contributed by atoms with Crippen molar-refractivity contribution in [2.45, 2.75) is 26.3 Å². The summed E-state index contributed by atoms with van der Waals surface area (Å²) in [6.45, 7) is 6.51. The summed E-state index contributed by atoms with van der Waals surface area (Å²) in [6.07, 6.45) is 0. The lowest BCUT2D eigenvalue weighted by Crippen LogP contribution is -2.40. The highest BCUT2D eigenvalue weighted by Crippen LogP contribution is 2.57. The van der Waals surface area contributed by atoms with E-state index in [4.69, 9.17) is 21.7 Å². The highest BCUT2D eigenvalue weighted by atomic mass is 32.9. The Morgan fingerprint density at radius 2 is 1.93 bits per heavy atom. The number of methoxy groups -OCH3 is 1. The van der Waals surface area contributed by atoms with E-state index < -0.39 is 0 Å². The average Bonchev–Trinajstić information content (AvgIpc) is 3.11. The molecule has 0 atom stereocenters. The number of hydrogen-bond acceptors (Lipinski definition) is 7. The van der Waals surface area contributed by atoms with Crippen LogP contribution in [0.3, 0.4) is 0 Å². The molecule has 0 saturated carbocycles. The van der Waals surface area contributed by atoms with Gasteiger partial charge >= 0.3 is 5.97 Å². The summed E-state index contributed by atoms with van der Waals surface area (Å²) in [5.74, 6) is 0.449. The molecule has 0 unspecified atom stereocenters. The fraction of sp³-hybridized carbons (Fsp3) is 0.273. The van der Waals surface area contributed by atoms with Crippen molar-refractivity contribution in [1.82, 2.24) is 0 Å². The van der Waals surface area contributed by atoms with Crippen molar-refractivity contribution in [3.63, 3.8) is 0 Å². The van der Waals surface area contributed by atoms with Crippen molar-refractivity contribution in [2.24, 2.45) is 0 Å². The third-order valence-electron chi connectivity index (χ3n) is 5.07. The Morgan fingerprint density at radius 3 is 2.66 bits per heavy atom. The normalized spacial score (nSPS) is 14.1. The zero-order valence-corrected chi connectivity index (χ0v) is 19.1. The van der Waals surface area contributed by atoms with Crippen molar-refractivity contribution >= 4 is 50.2 Å². The fourth-order valence-corrected chi connectivity index (χ4v) is 7.12. The molecular weight excluding hydrogens is 422 g/mol. The molecule has 0 bridgehead atoms. The van der Waals surface area contributed by atoms with Gasteiger partial charge in [-0.1, -0.05) is 51.1 Å². The quantitative estimate of drug-likeness (QED) is 0.252. The van der Waals surface area contributed by atoms with Crippen LogP contribution in [0.1, 0.15) is 36.0 Å². The van der Waals surface area contributed by atoms with Crippen LogP contribution in [-0.4, -0.2) is 19.7 Å². The van der Waals surface area contributed by atoms with Gasteiger partial charge in [-0.05, 0) is 45.0 Å². The Kier molecular flexibility index (Phi) is 5.23. The van der Waals surface area contributed by atoms with E-state index in [1.54, 1.807) is 33.9 Å². The van der Waals surface area contributed by atoms with Crippen LogP contribution in [0.25, 0.3) is 11.1 Å². The summed E-state index contributed by atoms with van der Waals surface area (Å²) in [7, 11) is 5.02. The molecule has 2 aromatic carbocycles. The lowest BCUT2D eigenvalue weighted by molar-refractivity contribution is 0.0526. The second-order valence-electron chi connectivity index (χ2n) is 7.18. The summed E-state index contributed by atoms with van der Waals surface area (Å²) >= 11 is 5.68. The number of para-hydroxylation sites is 1. The number of rotatable bonds is 4. The lowest BCUT2D eigenvalue weighted by Gasteiger charge is -2.45. The number of benzene rings is 2. The summed E-state index contributed by atoms with van der Waals surface area (Å²) in [6, 6.07) is 13.6. The van der Waals surface area contributed by atoms with Gasteiger partial charge in [0.15, 0.2) is 0 Å². The first-order chi connectivity index (χ1) is 13.9. The molecule has 7 heteroatoms. The maximum Gasteiger partial charge on any atom is 0.338 e. The van der Waals surface area contributed by atoms with E-state index in [-0.39, 0.29) is 11.5 Å². The second-order valence-corrected chi connectivity index (χ2v) is 10.00. The molecule has 4 rings (SSSR count). The number of hydrogen-bond donors (Lipinski definition) is 0. The van der Waals surface area contributed by atoms with Crippen LogP contribution < -0.4 is 9.64 Å². The van der Waals surface area contributed by atoms with Gasteiger partial charge in [0.25, 0.3) is 0 Å². The fourth-order valence-electron chi connectivity index (χ4n) is 3.83. The SMILES string of the molecule is CCOC(=O)c1cccc(N2c3c(OC)cccc3-c3c(ssc3=S)C2(C)C)c1. The molecule has 0 amide bonds. The predicted molar refractivity (Wildman–Crippen MR) is 123 cm³/mol. The van der Waals surface area contributed by atoms with Crippen LogP contribution in [-0.2, 0) is 10.3 Å². The summed E-state index contributed by atoms with van der Waals surface area (Å²) in [5.41, 5.74) is 4.20. The molecule has 0 N–H and O–H groups in total. The van der Waals surface area contributed by atoms with Crippen molar-refractivity contribution < 1.29 is 14.3 Å². The topological polar surface area (TPSA) is 38.8 Å². The van der Waals surface area contributed by atoms with Crippen molar-refractivity contribution in [3.05, 3.63) is 56.7 Å². The molecule has 0 fully saturated rings. The van der Waals surface area contributed by atoms with Crippen LogP contribution in [0, 0.1) is 3.82 Å². The minimum Gasteiger partial charge on any atom is -0.495 e. The maximum absolute atomic E-state index is 12.3. The zero-order chi connectivity index (χ0) is 20.8. The van der Waals surface area contributed by atoms with Crippen LogP contribution in [0.15, 0.2) is 42.5 Å². The van der Waals surface area contributed by atoms with E-state index in [9.17, 15) is 4.79 Å². The molecule has 1 aliphatic rings. The number of ether oxygens (including phenoxy) is 2. The molecule has 2 heterocycles. The second kappa shape index (κ2) is 7.55. The molecule has 0 spiro atoms. The molecule has 1 aliphatic heterocycles. The van der Waals surface area contributed by atoms with Crippen LogP contribution in [0.5, 0.6) is 5.75 Å². The van der Waals surface area contributed by atoms with Gasteiger partial charge in [0.05, 0.1) is 35.4 Å². The van der Waals surface area contributed by atoms with E-state index in [0.29, 0.717) is 12.2 Å². The first kappa shape index (κ1) is 20.1. The molecule has 0 radical (unpaired) electrons. The molecule has 4 nitrogen and oxygen atoms in total. The van der Waals surface area contributed by atoms with Gasteiger partial charge in [0.1, 0.15) is 9.57 Å². The Labute approximate surface area is 182 Å². The van der Waals surface area contributed by atoms with Gasteiger partial charge in [-0.25, -0.2) is 4.79 Å². The summed E-state index contributed by atoms with van der Waals surface area (Å²) in [4.78, 5) is 15.8. The van der Waals surface area contributed by atoms with E-state index in [1.165, 1.54) is 4.88 Å². The number of anilines is 2. The standard InChI is InChI=1S/C22H21NO3S3/c1-5-26-20(24)13-8-6-9-14(12-13)23-18-15(10-7-11-16(18)25-4)17-19(22(23,2)3)28-29-21(17)27/h6-12H,5H2,1-4H3. The smallest absolute Gasteiger partial charge is 0.338 e. The monoisotopic (exact) mass is 443 g/mol. The first-order valence-corrected chi connectivity index (χ1v) is 11.8. The van der Waals surface area contributed by atoms with E-state index in [0.717, 1.165) is 32.1 Å². The first-order valence-electron chi connectivity index (χ1n) is 9.28. The van der Waals surface area contributed by atoms with Crippen molar-refractivity contribution in [3.8, 4) is 16.9 Å². The summed E-state index contributed by atoms with van der Waals surface area (Å²) in [5, 5.41) is 0. The highest BCUT2D eigenvalue weighted by Gasteiger charge is 2.42. The van der Waals surface area contributed by atoms with Gasteiger partial charge in [-0.15, -0.1) is 0 Å². The van der Waals surface area contributed by atoms with Gasteiger partial charge in [0.2, 0.25) is 0 Å². The number of carbonyl (C=O) groups is 1. The largest absolute Gasteiger partial charge is 0.495 e. The molecular formula is C22H21NO3S3. The molecule has 0 saturated heterocycles. The zero-order valence-electron chi connectivity index (χ0n) is 16.6. The van der Waals surface area contributed by atoms with E-state index in [1.807, 2.05) is 37.3 Å². The molecule has 150 valence electrons. The van der Waals surface area contributed by atoms with Crippen LogP contribution >= 0.6 is 32.9 Å². The van der Waals surface area contributed by atoms with Crippen LogP contribution in [0.4, 0.5) is 11.4 Å². The summed E-state index contributed by atoms with van der Waals surface area (Å²) < 4.78 is 11.8. The number of carbonyl (C=O) groups excluding carboxylic acids is 1. The Hall–Kier alpha value is -2.22. The van der Waals surface area contributed by atoms with Gasteiger partial charge in [-0.3, -0.25) is 0 Å². The van der Waals surface area contributed by atoms with E-state index >= 15 is 0 Å². The number of nitrogens with zero attached hydrogens (tertiary/aromatic N) is 1. The predicted octanol–water partition coefficient (Wildman–Crippen LogP) is 6.78. The number of fused-ring (bicyclic) bond motifs is 3. The number of esters is 1. The van der Waals surface area contributed by atoms with Crippen molar-refractivity contribution in [1.29, 1.82) is 0 Å². The van der Waals surface area contributed by atoms with Gasteiger partial charge in [0, 0.05) is 16.8 Å². The Morgan fingerprint density at radius 1 is 1.17 bits per heavy atom. The maximum atomic E-state index is 12.3. The molecule has 3 aromatic rings. The van der Waals surface area contributed by atoms with Gasteiger partial charge < -0.3 is 14.4 Å². The van der Waals surface area contributed by atoms with Crippen molar-refractivity contribution in [2.75, 3.05) is 18.6 Å². The Balaban J connectivity index is 1.99. The molecule has 1 aromatic heterocycles. The molecule has 0 aliphatic carbocycles. The minimum absolute atomic E-state index is 0.323. The highest BCUT2D eigenvalue weighted by molar-refractivity contribution is 7.80.